The van der Waals surface area contributed by atoms with Crippen LogP contribution in [-0.2, 0) is 13.0 Å². The third kappa shape index (κ3) is 2.74. The lowest BCUT2D eigenvalue weighted by molar-refractivity contribution is 0.667. The molecule has 1 heterocycles. The first kappa shape index (κ1) is 11.9. The molecule has 0 aliphatic rings. The van der Waals surface area contributed by atoms with Crippen molar-refractivity contribution in [1.29, 1.82) is 0 Å². The molecule has 1 aromatic heterocycles. The molecule has 3 nitrogen and oxygen atoms in total. The van der Waals surface area contributed by atoms with Gasteiger partial charge in [-0.1, -0.05) is 24.3 Å². The van der Waals surface area contributed by atoms with Gasteiger partial charge in [-0.25, -0.2) is 0 Å². The summed E-state index contributed by atoms with van der Waals surface area (Å²) in [6.07, 6.45) is 2.77. The van der Waals surface area contributed by atoms with Gasteiger partial charge in [0.05, 0.1) is 5.69 Å². The molecular formula is C14H19N3. The molecule has 2 aromatic rings. The lowest BCUT2D eigenvalue weighted by atomic mass is 10.0. The molecule has 0 amide bonds. The first-order chi connectivity index (χ1) is 8.20. The Bertz CT molecular complexity index is 468. The zero-order valence-corrected chi connectivity index (χ0v) is 10.4. The van der Waals surface area contributed by atoms with Gasteiger partial charge in [0.1, 0.15) is 0 Å². The van der Waals surface area contributed by atoms with Crippen LogP contribution in [0.2, 0.25) is 0 Å². The highest BCUT2D eigenvalue weighted by atomic mass is 15.3. The average Bonchev–Trinajstić information content (AvgIpc) is 2.77. The fourth-order valence-corrected chi connectivity index (χ4v) is 2.01. The molecule has 1 aromatic carbocycles. The molecule has 0 bridgehead atoms. The van der Waals surface area contributed by atoms with Crippen molar-refractivity contribution in [1.82, 2.24) is 9.78 Å². The molecule has 0 saturated heterocycles. The molecule has 0 fully saturated rings. The van der Waals surface area contributed by atoms with Gasteiger partial charge in [0.2, 0.25) is 0 Å². The molecular weight excluding hydrogens is 210 g/mol. The van der Waals surface area contributed by atoms with E-state index in [9.17, 15) is 0 Å². The van der Waals surface area contributed by atoms with E-state index in [-0.39, 0.29) is 6.04 Å². The predicted octanol–water partition coefficient (Wildman–Crippen LogP) is 2.46. The fraction of sp³-hybridized carbons (Fsp3) is 0.357. The summed E-state index contributed by atoms with van der Waals surface area (Å²) >= 11 is 0. The van der Waals surface area contributed by atoms with Gasteiger partial charge in [0.15, 0.2) is 0 Å². The summed E-state index contributed by atoms with van der Waals surface area (Å²) in [7, 11) is 0. The van der Waals surface area contributed by atoms with Crippen molar-refractivity contribution >= 4 is 0 Å². The second-order valence-electron chi connectivity index (χ2n) is 4.41. The molecule has 90 valence electrons. The summed E-state index contributed by atoms with van der Waals surface area (Å²) in [5.41, 5.74) is 9.45. The second-order valence-corrected chi connectivity index (χ2v) is 4.41. The number of nitrogens with zero attached hydrogens (tertiary/aromatic N) is 2. The van der Waals surface area contributed by atoms with Crippen molar-refractivity contribution in [3.8, 4) is 11.3 Å². The van der Waals surface area contributed by atoms with E-state index in [0.29, 0.717) is 0 Å². The molecule has 0 saturated carbocycles. The van der Waals surface area contributed by atoms with Crippen LogP contribution >= 0.6 is 0 Å². The molecule has 0 aliphatic carbocycles. The van der Waals surface area contributed by atoms with Crippen LogP contribution in [-0.4, -0.2) is 15.8 Å². The SMILES string of the molecule is CCn1nccc1-c1ccc(CC(C)N)cc1. The lowest BCUT2D eigenvalue weighted by Crippen LogP contribution is -2.17. The average molecular weight is 229 g/mol. The van der Waals surface area contributed by atoms with Crippen LogP contribution in [0.15, 0.2) is 36.5 Å². The Morgan fingerprint density at radius 3 is 2.53 bits per heavy atom. The van der Waals surface area contributed by atoms with Crippen molar-refractivity contribution < 1.29 is 0 Å². The molecule has 0 radical (unpaired) electrons. The minimum absolute atomic E-state index is 0.210. The molecule has 3 heteroatoms. The molecule has 0 aliphatic heterocycles. The Labute approximate surface area is 102 Å². The van der Waals surface area contributed by atoms with E-state index < -0.39 is 0 Å². The number of rotatable bonds is 4. The number of aryl methyl sites for hydroxylation is 1. The highest BCUT2D eigenvalue weighted by Crippen LogP contribution is 2.19. The summed E-state index contributed by atoms with van der Waals surface area (Å²) < 4.78 is 2.00. The van der Waals surface area contributed by atoms with E-state index in [1.54, 1.807) is 0 Å². The van der Waals surface area contributed by atoms with Crippen LogP contribution in [0.4, 0.5) is 0 Å². The fourth-order valence-electron chi connectivity index (χ4n) is 2.01. The smallest absolute Gasteiger partial charge is 0.0682 e. The lowest BCUT2D eigenvalue weighted by Gasteiger charge is -2.08. The van der Waals surface area contributed by atoms with Crippen LogP contribution in [0.3, 0.4) is 0 Å². The van der Waals surface area contributed by atoms with E-state index >= 15 is 0 Å². The van der Waals surface area contributed by atoms with Gasteiger partial charge in [0, 0.05) is 18.8 Å². The summed E-state index contributed by atoms with van der Waals surface area (Å²) in [6, 6.07) is 10.8. The first-order valence-electron chi connectivity index (χ1n) is 6.07. The topological polar surface area (TPSA) is 43.8 Å². The molecule has 2 rings (SSSR count). The zero-order valence-electron chi connectivity index (χ0n) is 10.4. The number of benzene rings is 1. The van der Waals surface area contributed by atoms with Gasteiger partial charge >= 0.3 is 0 Å². The monoisotopic (exact) mass is 229 g/mol. The van der Waals surface area contributed by atoms with Gasteiger partial charge in [-0.3, -0.25) is 4.68 Å². The van der Waals surface area contributed by atoms with Crippen LogP contribution < -0.4 is 5.73 Å². The van der Waals surface area contributed by atoms with E-state index in [0.717, 1.165) is 13.0 Å². The van der Waals surface area contributed by atoms with Gasteiger partial charge in [-0.05, 0) is 37.5 Å². The number of hydrogen-bond donors (Lipinski definition) is 1. The van der Waals surface area contributed by atoms with Crippen molar-refractivity contribution in [3.63, 3.8) is 0 Å². The van der Waals surface area contributed by atoms with E-state index in [1.165, 1.54) is 16.8 Å². The van der Waals surface area contributed by atoms with Crippen LogP contribution in [0.5, 0.6) is 0 Å². The summed E-state index contributed by atoms with van der Waals surface area (Å²) in [5.74, 6) is 0. The maximum absolute atomic E-state index is 5.79. The molecule has 1 unspecified atom stereocenters. The van der Waals surface area contributed by atoms with E-state index in [2.05, 4.69) is 36.3 Å². The number of nitrogens with two attached hydrogens (primary N) is 1. The highest BCUT2D eigenvalue weighted by Gasteiger charge is 2.04. The maximum Gasteiger partial charge on any atom is 0.0682 e. The van der Waals surface area contributed by atoms with E-state index in [4.69, 9.17) is 5.73 Å². The molecule has 2 N–H and O–H groups in total. The Kier molecular flexibility index (Phi) is 3.59. The van der Waals surface area contributed by atoms with Crippen LogP contribution in [0.1, 0.15) is 19.4 Å². The maximum atomic E-state index is 5.79. The highest BCUT2D eigenvalue weighted by molar-refractivity contribution is 5.59. The summed E-state index contributed by atoms with van der Waals surface area (Å²) in [5, 5.41) is 4.28. The van der Waals surface area contributed by atoms with Gasteiger partial charge < -0.3 is 5.73 Å². The summed E-state index contributed by atoms with van der Waals surface area (Å²) in [6.45, 7) is 5.02. The van der Waals surface area contributed by atoms with Crippen LogP contribution in [0, 0.1) is 0 Å². The number of hydrogen-bond acceptors (Lipinski definition) is 2. The van der Waals surface area contributed by atoms with Crippen LogP contribution in [0.25, 0.3) is 11.3 Å². The molecule has 1 atom stereocenters. The number of aromatic nitrogens is 2. The normalized spacial score (nSPS) is 12.6. The predicted molar refractivity (Wildman–Crippen MR) is 70.7 cm³/mol. The minimum atomic E-state index is 0.210. The van der Waals surface area contributed by atoms with Crippen molar-refractivity contribution in [2.45, 2.75) is 32.9 Å². The Hall–Kier alpha value is -1.61. The third-order valence-electron chi connectivity index (χ3n) is 2.82. The quantitative estimate of drug-likeness (QED) is 0.875. The van der Waals surface area contributed by atoms with Crippen molar-refractivity contribution in [3.05, 3.63) is 42.1 Å². The van der Waals surface area contributed by atoms with Crippen molar-refractivity contribution in [2.75, 3.05) is 0 Å². The van der Waals surface area contributed by atoms with Gasteiger partial charge in [-0.15, -0.1) is 0 Å². The Balaban J connectivity index is 2.23. The second kappa shape index (κ2) is 5.15. The minimum Gasteiger partial charge on any atom is -0.328 e. The zero-order chi connectivity index (χ0) is 12.3. The molecule has 0 spiro atoms. The third-order valence-corrected chi connectivity index (χ3v) is 2.82. The summed E-state index contributed by atoms with van der Waals surface area (Å²) in [4.78, 5) is 0. The Morgan fingerprint density at radius 2 is 1.94 bits per heavy atom. The largest absolute Gasteiger partial charge is 0.328 e. The standard InChI is InChI=1S/C14H19N3/c1-3-17-14(8-9-16-17)13-6-4-12(5-7-13)10-11(2)15/h4-9,11H,3,10,15H2,1-2H3. The van der Waals surface area contributed by atoms with E-state index in [1.807, 2.05) is 23.9 Å². The van der Waals surface area contributed by atoms with Crippen molar-refractivity contribution in [2.24, 2.45) is 5.73 Å². The molecule has 17 heavy (non-hydrogen) atoms. The first-order valence-corrected chi connectivity index (χ1v) is 6.07. The van der Waals surface area contributed by atoms with Gasteiger partial charge in [0.25, 0.3) is 0 Å². The van der Waals surface area contributed by atoms with Gasteiger partial charge in [-0.2, -0.15) is 5.10 Å². The Morgan fingerprint density at radius 1 is 1.24 bits per heavy atom.